The minimum Gasteiger partial charge on any atom is -0.312 e. The van der Waals surface area contributed by atoms with Gasteiger partial charge in [0.05, 0.1) is 3.79 Å². The molecule has 1 aromatic rings. The smallest absolute Gasteiger partial charge is 0.252 e. The highest BCUT2D eigenvalue weighted by Crippen LogP contribution is 2.33. The van der Waals surface area contributed by atoms with Crippen molar-refractivity contribution < 1.29 is 8.42 Å². The van der Waals surface area contributed by atoms with Crippen LogP contribution < -0.4 is 5.32 Å². The summed E-state index contributed by atoms with van der Waals surface area (Å²) in [6.45, 7) is 1.67. The van der Waals surface area contributed by atoms with E-state index in [2.05, 4.69) is 21.2 Å². The molecule has 7 heteroatoms. The van der Waals surface area contributed by atoms with Crippen molar-refractivity contribution in [1.82, 2.24) is 9.62 Å². The number of rotatable bonds is 3. The SMILES string of the molecule is O=S(=O)(c1ccc(Br)s1)N1CCCCC1C1CCCN1. The predicted molar refractivity (Wildman–Crippen MR) is 84.6 cm³/mol. The first-order valence-electron chi connectivity index (χ1n) is 7.09. The second-order valence-electron chi connectivity index (χ2n) is 5.44. The first kappa shape index (κ1) is 15.0. The zero-order valence-electron chi connectivity index (χ0n) is 11.2. The highest BCUT2D eigenvalue weighted by Gasteiger charge is 2.39. The summed E-state index contributed by atoms with van der Waals surface area (Å²) in [6.07, 6.45) is 5.31. The fourth-order valence-corrected chi connectivity index (χ4v) is 7.09. The van der Waals surface area contributed by atoms with E-state index in [0.717, 1.165) is 42.4 Å². The lowest BCUT2D eigenvalue weighted by Gasteiger charge is -2.37. The summed E-state index contributed by atoms with van der Waals surface area (Å²) >= 11 is 4.65. The van der Waals surface area contributed by atoms with Crippen LogP contribution in [0, 0.1) is 0 Å². The minimum atomic E-state index is -3.35. The Bertz CT molecular complexity index is 567. The maximum absolute atomic E-state index is 12.9. The van der Waals surface area contributed by atoms with Crippen LogP contribution in [0.2, 0.25) is 0 Å². The van der Waals surface area contributed by atoms with Crippen LogP contribution in [0.3, 0.4) is 0 Å². The van der Waals surface area contributed by atoms with E-state index in [4.69, 9.17) is 0 Å². The number of hydrogen-bond acceptors (Lipinski definition) is 4. The third-order valence-corrected chi connectivity index (χ3v) is 8.19. The average Bonchev–Trinajstić information content (AvgIpc) is 3.10. The topological polar surface area (TPSA) is 49.4 Å². The number of nitrogens with one attached hydrogen (secondary N) is 1. The van der Waals surface area contributed by atoms with Crippen molar-refractivity contribution in [3.63, 3.8) is 0 Å². The Morgan fingerprint density at radius 3 is 2.75 bits per heavy atom. The first-order chi connectivity index (χ1) is 9.59. The third kappa shape index (κ3) is 2.83. The molecule has 2 unspecified atom stereocenters. The summed E-state index contributed by atoms with van der Waals surface area (Å²) in [4.78, 5) is 0. The molecule has 2 aliphatic heterocycles. The number of halogens is 1. The van der Waals surface area contributed by atoms with Crippen LogP contribution in [0.5, 0.6) is 0 Å². The van der Waals surface area contributed by atoms with Gasteiger partial charge in [-0.05, 0) is 60.3 Å². The van der Waals surface area contributed by atoms with Crippen molar-refractivity contribution in [2.75, 3.05) is 13.1 Å². The quantitative estimate of drug-likeness (QED) is 0.879. The molecule has 4 nitrogen and oxygen atoms in total. The molecule has 0 aromatic carbocycles. The zero-order valence-corrected chi connectivity index (χ0v) is 14.4. The van der Waals surface area contributed by atoms with Gasteiger partial charge in [-0.2, -0.15) is 4.31 Å². The minimum absolute atomic E-state index is 0.122. The second kappa shape index (κ2) is 6.04. The van der Waals surface area contributed by atoms with Gasteiger partial charge >= 0.3 is 0 Å². The van der Waals surface area contributed by atoms with Crippen LogP contribution in [-0.4, -0.2) is 37.9 Å². The second-order valence-corrected chi connectivity index (χ2v) is 10.0. The van der Waals surface area contributed by atoms with Crippen molar-refractivity contribution >= 4 is 37.3 Å². The molecule has 0 aliphatic carbocycles. The van der Waals surface area contributed by atoms with Gasteiger partial charge < -0.3 is 5.32 Å². The van der Waals surface area contributed by atoms with Crippen molar-refractivity contribution in [2.45, 2.75) is 48.4 Å². The summed E-state index contributed by atoms with van der Waals surface area (Å²) in [6, 6.07) is 3.97. The van der Waals surface area contributed by atoms with Gasteiger partial charge in [-0.25, -0.2) is 8.42 Å². The lowest BCUT2D eigenvalue weighted by Crippen LogP contribution is -2.52. The molecule has 1 N–H and O–H groups in total. The molecule has 2 fully saturated rings. The summed E-state index contributed by atoms with van der Waals surface area (Å²) in [5.41, 5.74) is 0. The van der Waals surface area contributed by atoms with Crippen molar-refractivity contribution in [1.29, 1.82) is 0 Å². The van der Waals surface area contributed by atoms with Crippen LogP contribution in [0.25, 0.3) is 0 Å². The molecule has 0 amide bonds. The standard InChI is InChI=1S/C13H19BrN2O2S2/c14-12-6-7-13(19-12)20(17,18)16-9-2-1-5-11(16)10-4-3-8-15-10/h6-7,10-11,15H,1-5,8-9H2. The van der Waals surface area contributed by atoms with E-state index < -0.39 is 10.0 Å². The van der Waals surface area contributed by atoms with E-state index in [1.165, 1.54) is 11.3 Å². The van der Waals surface area contributed by atoms with Crippen molar-refractivity contribution in [2.24, 2.45) is 0 Å². The zero-order chi connectivity index (χ0) is 14.2. The molecule has 20 heavy (non-hydrogen) atoms. The van der Waals surface area contributed by atoms with Gasteiger partial charge in [-0.3, -0.25) is 0 Å². The summed E-state index contributed by atoms with van der Waals surface area (Å²) in [5, 5.41) is 3.47. The highest BCUT2D eigenvalue weighted by atomic mass is 79.9. The van der Waals surface area contributed by atoms with Crippen LogP contribution in [0.15, 0.2) is 20.1 Å². The number of hydrogen-bond donors (Lipinski definition) is 1. The molecule has 0 bridgehead atoms. The molecule has 2 aliphatic rings. The monoisotopic (exact) mass is 378 g/mol. The van der Waals surface area contributed by atoms with Gasteiger partial charge in [-0.15, -0.1) is 11.3 Å². The van der Waals surface area contributed by atoms with E-state index >= 15 is 0 Å². The summed E-state index contributed by atoms with van der Waals surface area (Å²) < 4.78 is 28.8. The lowest BCUT2D eigenvalue weighted by molar-refractivity contribution is 0.211. The fraction of sp³-hybridized carbons (Fsp3) is 0.692. The van der Waals surface area contributed by atoms with Crippen LogP contribution in [0.1, 0.15) is 32.1 Å². The van der Waals surface area contributed by atoms with Crippen LogP contribution in [-0.2, 0) is 10.0 Å². The molecular formula is C13H19BrN2O2S2. The number of sulfonamides is 1. The maximum atomic E-state index is 12.9. The Labute approximate surface area is 132 Å². The number of piperidine rings is 1. The first-order valence-corrected chi connectivity index (χ1v) is 10.1. The van der Waals surface area contributed by atoms with Crippen LogP contribution >= 0.6 is 27.3 Å². The fourth-order valence-electron chi connectivity index (χ4n) is 3.22. The largest absolute Gasteiger partial charge is 0.312 e. The van der Waals surface area contributed by atoms with E-state index in [9.17, 15) is 8.42 Å². The molecule has 112 valence electrons. The summed E-state index contributed by atoms with van der Waals surface area (Å²) in [5.74, 6) is 0. The Morgan fingerprint density at radius 1 is 1.25 bits per heavy atom. The molecule has 0 saturated carbocycles. The molecule has 1 aromatic heterocycles. The van der Waals surface area contributed by atoms with Gasteiger partial charge in [0.2, 0.25) is 0 Å². The molecule has 2 atom stereocenters. The van der Waals surface area contributed by atoms with Gasteiger partial charge in [-0.1, -0.05) is 6.42 Å². The highest BCUT2D eigenvalue weighted by molar-refractivity contribution is 9.11. The van der Waals surface area contributed by atoms with Gasteiger partial charge in [0.25, 0.3) is 10.0 Å². The van der Waals surface area contributed by atoms with E-state index in [1.54, 1.807) is 10.4 Å². The molecule has 3 heterocycles. The Hall–Kier alpha value is 0.0500. The maximum Gasteiger partial charge on any atom is 0.252 e. The molecule has 0 spiro atoms. The van der Waals surface area contributed by atoms with E-state index in [-0.39, 0.29) is 6.04 Å². The Morgan fingerprint density at radius 2 is 2.10 bits per heavy atom. The van der Waals surface area contributed by atoms with Crippen molar-refractivity contribution in [3.05, 3.63) is 15.9 Å². The molecule has 0 radical (unpaired) electrons. The predicted octanol–water partition coefficient (Wildman–Crippen LogP) is 2.81. The number of nitrogens with zero attached hydrogens (tertiary/aromatic N) is 1. The van der Waals surface area contributed by atoms with Gasteiger partial charge in [0.15, 0.2) is 0 Å². The van der Waals surface area contributed by atoms with Gasteiger partial charge in [0.1, 0.15) is 4.21 Å². The Balaban J connectivity index is 1.88. The van der Waals surface area contributed by atoms with E-state index in [0.29, 0.717) is 16.8 Å². The van der Waals surface area contributed by atoms with Crippen LogP contribution in [0.4, 0.5) is 0 Å². The Kier molecular flexibility index (Phi) is 4.52. The van der Waals surface area contributed by atoms with Gasteiger partial charge in [0, 0.05) is 18.6 Å². The molecule has 3 rings (SSSR count). The molecule has 2 saturated heterocycles. The van der Waals surface area contributed by atoms with Crippen molar-refractivity contribution in [3.8, 4) is 0 Å². The average molecular weight is 379 g/mol. The lowest BCUT2D eigenvalue weighted by atomic mass is 9.97. The third-order valence-electron chi connectivity index (χ3n) is 4.17. The molecular weight excluding hydrogens is 360 g/mol. The number of thiophene rings is 1. The van der Waals surface area contributed by atoms with E-state index in [1.807, 2.05) is 6.07 Å². The normalized spacial score (nSPS) is 28.9. The summed E-state index contributed by atoms with van der Waals surface area (Å²) in [7, 11) is -3.35.